The number of benzene rings is 1. The van der Waals surface area contributed by atoms with Gasteiger partial charge in [0.15, 0.2) is 5.65 Å². The molecular formula is C32H36N10O2. The molecule has 12 heteroatoms. The number of piperazine rings is 1. The van der Waals surface area contributed by atoms with Crippen LogP contribution in [0.4, 0.5) is 11.6 Å². The standard InChI is InChI=1S/C32H36N10O2/c1-39-13-15-40(16-14-39)12-4-6-27(43)41-19-21-17-24(41)25(18-21)42-31-28(30(33)35-20-36-31)29(38-42)22-7-9-23(10-8-22)32(44)37-26-5-2-3-11-34-26/h2-11,20-21,24-25H,12-19H2,1H3,(H2,33,35,36)(H,34,37,44). The van der Waals surface area contributed by atoms with E-state index in [1.54, 1.807) is 36.5 Å². The minimum atomic E-state index is -0.252. The topological polar surface area (TPSA) is 138 Å². The van der Waals surface area contributed by atoms with Crippen LogP contribution < -0.4 is 11.1 Å². The lowest BCUT2D eigenvalue weighted by atomic mass is 10.1. The summed E-state index contributed by atoms with van der Waals surface area (Å²) in [5.41, 5.74) is 8.99. The van der Waals surface area contributed by atoms with Gasteiger partial charge in [0, 0.05) is 62.7 Å². The molecule has 3 fully saturated rings. The van der Waals surface area contributed by atoms with Gasteiger partial charge in [0.1, 0.15) is 23.7 Å². The molecule has 0 radical (unpaired) electrons. The van der Waals surface area contributed by atoms with E-state index < -0.39 is 0 Å². The van der Waals surface area contributed by atoms with Gasteiger partial charge < -0.3 is 20.9 Å². The second-order valence-electron chi connectivity index (χ2n) is 12.0. The summed E-state index contributed by atoms with van der Waals surface area (Å²) in [6, 6.07) is 12.6. The van der Waals surface area contributed by atoms with Crippen molar-refractivity contribution in [3.8, 4) is 11.3 Å². The molecule has 5 heterocycles. The minimum absolute atomic E-state index is 0.0160. The van der Waals surface area contributed by atoms with E-state index in [-0.39, 0.29) is 23.9 Å². The molecule has 4 aromatic rings. The van der Waals surface area contributed by atoms with E-state index in [2.05, 4.69) is 37.1 Å². The molecule has 2 bridgehead atoms. The van der Waals surface area contributed by atoms with E-state index in [0.717, 1.165) is 57.7 Å². The van der Waals surface area contributed by atoms with Crippen LogP contribution in [0.2, 0.25) is 0 Å². The van der Waals surface area contributed by atoms with E-state index >= 15 is 0 Å². The Balaban J connectivity index is 1.11. The highest BCUT2D eigenvalue weighted by molar-refractivity contribution is 6.04. The second kappa shape index (κ2) is 11.8. The average molecular weight is 593 g/mol. The maximum absolute atomic E-state index is 13.4. The van der Waals surface area contributed by atoms with E-state index in [1.165, 1.54) is 6.33 Å². The van der Waals surface area contributed by atoms with Crippen LogP contribution in [-0.2, 0) is 4.79 Å². The lowest BCUT2D eigenvalue weighted by Crippen LogP contribution is -2.44. The zero-order chi connectivity index (χ0) is 30.2. The number of fused-ring (bicyclic) bond motifs is 3. The first kappa shape index (κ1) is 28.1. The van der Waals surface area contributed by atoms with Crippen molar-refractivity contribution in [2.24, 2.45) is 5.92 Å². The predicted molar refractivity (Wildman–Crippen MR) is 168 cm³/mol. The molecule has 12 nitrogen and oxygen atoms in total. The number of pyridine rings is 1. The molecule has 1 aromatic carbocycles. The lowest BCUT2D eigenvalue weighted by Gasteiger charge is -2.33. The zero-order valence-corrected chi connectivity index (χ0v) is 24.7. The summed E-state index contributed by atoms with van der Waals surface area (Å²) in [5.74, 6) is 1.05. The summed E-state index contributed by atoms with van der Waals surface area (Å²) in [7, 11) is 2.14. The average Bonchev–Trinajstić information content (AvgIpc) is 3.76. The summed E-state index contributed by atoms with van der Waals surface area (Å²) < 4.78 is 1.95. The Labute approximate surface area is 255 Å². The van der Waals surface area contributed by atoms with Crippen LogP contribution in [0, 0.1) is 5.92 Å². The van der Waals surface area contributed by atoms with Gasteiger partial charge in [-0.25, -0.2) is 19.6 Å². The Morgan fingerprint density at radius 1 is 1.00 bits per heavy atom. The number of rotatable bonds is 7. The highest BCUT2D eigenvalue weighted by Gasteiger charge is 2.48. The number of nitrogens with two attached hydrogens (primary N) is 1. The second-order valence-corrected chi connectivity index (χ2v) is 12.0. The third kappa shape index (κ3) is 5.42. The summed E-state index contributed by atoms with van der Waals surface area (Å²) in [6.45, 7) is 5.71. The monoisotopic (exact) mass is 592 g/mol. The van der Waals surface area contributed by atoms with Gasteiger partial charge in [-0.05, 0) is 50.1 Å². The van der Waals surface area contributed by atoms with Gasteiger partial charge in [-0.1, -0.05) is 24.3 Å². The fourth-order valence-electron chi connectivity index (χ4n) is 6.77. The molecule has 2 amide bonds. The highest BCUT2D eigenvalue weighted by atomic mass is 16.2. The number of amides is 2. The summed E-state index contributed by atoms with van der Waals surface area (Å²) >= 11 is 0. The molecule has 2 aliphatic heterocycles. The molecule has 3 N–H and O–H groups in total. The SMILES string of the molecule is CN1CCN(CC=CC(=O)N2CC3CC2C(n2nc(-c4ccc(C(=O)Nc5ccccn5)cc4)c4c(N)ncnc42)C3)CC1. The number of carbonyl (C=O) groups is 2. The number of nitrogens with one attached hydrogen (secondary N) is 1. The Hall–Kier alpha value is -4.68. The number of aromatic nitrogens is 5. The highest BCUT2D eigenvalue weighted by Crippen LogP contribution is 2.46. The molecule has 3 aromatic heterocycles. The normalized spacial score (nSPS) is 22.3. The molecule has 3 aliphatic rings. The number of nitrogen functional groups attached to an aromatic ring is 1. The number of anilines is 2. The van der Waals surface area contributed by atoms with Gasteiger partial charge in [-0.3, -0.25) is 14.5 Å². The van der Waals surface area contributed by atoms with Crippen LogP contribution >= 0.6 is 0 Å². The van der Waals surface area contributed by atoms with Gasteiger partial charge in [0.2, 0.25) is 5.91 Å². The Bertz CT molecular complexity index is 1700. The first-order valence-electron chi connectivity index (χ1n) is 15.1. The predicted octanol–water partition coefficient (Wildman–Crippen LogP) is 2.69. The maximum Gasteiger partial charge on any atom is 0.256 e. The third-order valence-corrected chi connectivity index (χ3v) is 9.11. The van der Waals surface area contributed by atoms with Crippen molar-refractivity contribution in [3.63, 3.8) is 0 Å². The Kier molecular flexibility index (Phi) is 7.52. The van der Waals surface area contributed by atoms with E-state index in [0.29, 0.717) is 39.8 Å². The number of nitrogens with zero attached hydrogens (tertiary/aromatic N) is 8. The molecule has 226 valence electrons. The van der Waals surface area contributed by atoms with Crippen LogP contribution in [0.3, 0.4) is 0 Å². The van der Waals surface area contributed by atoms with Crippen molar-refractivity contribution in [1.82, 2.24) is 39.4 Å². The van der Waals surface area contributed by atoms with Crippen molar-refractivity contribution >= 4 is 34.5 Å². The van der Waals surface area contributed by atoms with Gasteiger partial charge in [-0.2, -0.15) is 5.10 Å². The maximum atomic E-state index is 13.4. The van der Waals surface area contributed by atoms with Crippen LogP contribution in [0.1, 0.15) is 29.2 Å². The molecule has 1 aliphatic carbocycles. The molecule has 1 saturated carbocycles. The first-order valence-corrected chi connectivity index (χ1v) is 15.1. The number of hydrogen-bond acceptors (Lipinski definition) is 9. The van der Waals surface area contributed by atoms with E-state index in [1.807, 2.05) is 33.9 Å². The van der Waals surface area contributed by atoms with Gasteiger partial charge in [0.25, 0.3) is 5.91 Å². The third-order valence-electron chi connectivity index (χ3n) is 9.11. The van der Waals surface area contributed by atoms with Crippen LogP contribution in [0.15, 0.2) is 67.1 Å². The van der Waals surface area contributed by atoms with Gasteiger partial charge in [-0.15, -0.1) is 0 Å². The van der Waals surface area contributed by atoms with E-state index in [9.17, 15) is 9.59 Å². The van der Waals surface area contributed by atoms with Gasteiger partial charge >= 0.3 is 0 Å². The van der Waals surface area contributed by atoms with Crippen LogP contribution in [0.5, 0.6) is 0 Å². The molecular weight excluding hydrogens is 556 g/mol. The molecule has 2 saturated heterocycles. The Morgan fingerprint density at radius 3 is 2.55 bits per heavy atom. The molecule has 44 heavy (non-hydrogen) atoms. The summed E-state index contributed by atoms with van der Waals surface area (Å²) in [6.07, 6.45) is 8.71. The van der Waals surface area contributed by atoms with Crippen LogP contribution in [-0.4, -0.2) is 104 Å². The zero-order valence-electron chi connectivity index (χ0n) is 24.7. The number of piperidine rings is 1. The van der Waals surface area contributed by atoms with Crippen LogP contribution in [0.25, 0.3) is 22.3 Å². The van der Waals surface area contributed by atoms with Crippen molar-refractivity contribution in [2.75, 3.05) is 57.4 Å². The van der Waals surface area contributed by atoms with Crippen molar-refractivity contribution in [1.29, 1.82) is 0 Å². The molecule has 3 unspecified atom stereocenters. The number of likely N-dealkylation sites (N-methyl/N-ethyl adjacent to an activating group) is 1. The fraction of sp³-hybridized carbons (Fsp3) is 0.375. The van der Waals surface area contributed by atoms with E-state index in [4.69, 9.17) is 10.8 Å². The molecule has 0 spiro atoms. The Morgan fingerprint density at radius 2 is 1.80 bits per heavy atom. The van der Waals surface area contributed by atoms with Crippen molar-refractivity contribution in [2.45, 2.75) is 24.9 Å². The van der Waals surface area contributed by atoms with Crippen molar-refractivity contribution in [3.05, 3.63) is 72.7 Å². The number of carbonyl (C=O) groups excluding carboxylic acids is 2. The fourth-order valence-corrected chi connectivity index (χ4v) is 6.77. The largest absolute Gasteiger partial charge is 0.383 e. The number of hydrogen-bond donors (Lipinski definition) is 2. The van der Waals surface area contributed by atoms with Gasteiger partial charge in [0.05, 0.1) is 17.5 Å². The molecule has 3 atom stereocenters. The smallest absolute Gasteiger partial charge is 0.256 e. The summed E-state index contributed by atoms with van der Waals surface area (Å²) in [4.78, 5) is 45.8. The molecule has 7 rings (SSSR count). The first-order chi connectivity index (χ1) is 21.4. The number of likely N-dealkylation sites (tertiary alicyclic amines) is 1. The lowest BCUT2D eigenvalue weighted by molar-refractivity contribution is -0.128. The summed E-state index contributed by atoms with van der Waals surface area (Å²) in [5, 5.41) is 8.52. The van der Waals surface area contributed by atoms with Crippen molar-refractivity contribution < 1.29 is 9.59 Å². The quantitative estimate of drug-likeness (QED) is 0.310. The minimum Gasteiger partial charge on any atom is -0.383 e.